The topological polar surface area (TPSA) is 50.4 Å². The van der Waals surface area contributed by atoms with Crippen molar-refractivity contribution in [1.82, 2.24) is 5.32 Å². The van der Waals surface area contributed by atoms with Gasteiger partial charge in [-0.3, -0.25) is 4.79 Å². The predicted octanol–water partition coefficient (Wildman–Crippen LogP) is 3.51. The van der Waals surface area contributed by atoms with Crippen LogP contribution in [0.5, 0.6) is 5.75 Å². The third-order valence-corrected chi connectivity index (χ3v) is 4.47. The van der Waals surface area contributed by atoms with Crippen molar-refractivity contribution in [2.75, 3.05) is 18.4 Å². The number of ether oxygens (including phenoxy) is 1. The summed E-state index contributed by atoms with van der Waals surface area (Å²) in [6.07, 6.45) is 1.80. The molecule has 0 aliphatic carbocycles. The number of rotatable bonds is 5. The maximum absolute atomic E-state index is 12.3. The van der Waals surface area contributed by atoms with E-state index in [1.165, 1.54) is 11.1 Å². The molecule has 4 heteroatoms. The summed E-state index contributed by atoms with van der Waals surface area (Å²) in [4.78, 5) is 12.3. The molecule has 1 fully saturated rings. The SMILES string of the molecule is Cc1ccccc1COc1cccc(NC(=O)C2CCNCC2)c1. The first-order valence-electron chi connectivity index (χ1n) is 8.51. The zero-order valence-corrected chi connectivity index (χ0v) is 14.0. The van der Waals surface area contributed by atoms with Gasteiger partial charge in [-0.05, 0) is 56.1 Å². The first kappa shape index (κ1) is 16.5. The Morgan fingerprint density at radius 1 is 1.17 bits per heavy atom. The normalized spacial score (nSPS) is 15.0. The van der Waals surface area contributed by atoms with E-state index in [0.29, 0.717) is 6.61 Å². The Morgan fingerprint density at radius 3 is 2.75 bits per heavy atom. The van der Waals surface area contributed by atoms with E-state index in [4.69, 9.17) is 4.74 Å². The van der Waals surface area contributed by atoms with Crippen LogP contribution in [0.4, 0.5) is 5.69 Å². The molecule has 2 N–H and O–H groups in total. The monoisotopic (exact) mass is 324 g/mol. The van der Waals surface area contributed by atoms with Crippen LogP contribution in [-0.2, 0) is 11.4 Å². The number of aryl methyl sites for hydroxylation is 1. The summed E-state index contributed by atoms with van der Waals surface area (Å²) in [6.45, 7) is 4.43. The van der Waals surface area contributed by atoms with Gasteiger partial charge >= 0.3 is 0 Å². The molecule has 0 radical (unpaired) electrons. The molecule has 1 saturated heterocycles. The van der Waals surface area contributed by atoms with Crippen molar-refractivity contribution in [1.29, 1.82) is 0 Å². The zero-order chi connectivity index (χ0) is 16.8. The molecule has 24 heavy (non-hydrogen) atoms. The summed E-state index contributed by atoms with van der Waals surface area (Å²) < 4.78 is 5.88. The molecule has 2 aromatic carbocycles. The molecule has 0 atom stereocenters. The van der Waals surface area contributed by atoms with E-state index in [1.807, 2.05) is 36.4 Å². The van der Waals surface area contributed by atoms with E-state index in [9.17, 15) is 4.79 Å². The molecule has 0 aromatic heterocycles. The number of piperidine rings is 1. The average molecular weight is 324 g/mol. The second kappa shape index (κ2) is 7.97. The number of benzene rings is 2. The van der Waals surface area contributed by atoms with Crippen LogP contribution < -0.4 is 15.4 Å². The fourth-order valence-corrected chi connectivity index (χ4v) is 2.93. The number of anilines is 1. The van der Waals surface area contributed by atoms with Crippen LogP contribution in [0, 0.1) is 12.8 Å². The van der Waals surface area contributed by atoms with E-state index in [-0.39, 0.29) is 11.8 Å². The number of nitrogens with one attached hydrogen (secondary N) is 2. The molecule has 1 heterocycles. The van der Waals surface area contributed by atoms with Crippen molar-refractivity contribution in [3.8, 4) is 5.75 Å². The summed E-state index contributed by atoms with van der Waals surface area (Å²) in [5, 5.41) is 6.29. The molecular formula is C20H24N2O2. The summed E-state index contributed by atoms with van der Waals surface area (Å²) >= 11 is 0. The quantitative estimate of drug-likeness (QED) is 0.885. The van der Waals surface area contributed by atoms with Gasteiger partial charge in [-0.2, -0.15) is 0 Å². The van der Waals surface area contributed by atoms with Crippen LogP contribution in [0.25, 0.3) is 0 Å². The Kier molecular flexibility index (Phi) is 5.49. The van der Waals surface area contributed by atoms with Crippen LogP contribution in [0.2, 0.25) is 0 Å². The highest BCUT2D eigenvalue weighted by Crippen LogP contribution is 2.21. The van der Waals surface area contributed by atoms with Crippen LogP contribution in [0.3, 0.4) is 0 Å². The molecule has 126 valence electrons. The Labute approximate surface area is 143 Å². The molecule has 1 amide bonds. The van der Waals surface area contributed by atoms with Crippen LogP contribution >= 0.6 is 0 Å². The molecule has 1 aliphatic heterocycles. The third-order valence-electron chi connectivity index (χ3n) is 4.47. The lowest BCUT2D eigenvalue weighted by atomic mass is 9.97. The van der Waals surface area contributed by atoms with Crippen LogP contribution in [-0.4, -0.2) is 19.0 Å². The highest BCUT2D eigenvalue weighted by atomic mass is 16.5. The lowest BCUT2D eigenvalue weighted by Gasteiger charge is -2.21. The first-order valence-corrected chi connectivity index (χ1v) is 8.51. The summed E-state index contributed by atoms with van der Waals surface area (Å²) in [5.74, 6) is 0.969. The molecule has 0 saturated carbocycles. The number of carbonyl (C=O) groups is 1. The minimum absolute atomic E-state index is 0.0998. The molecule has 1 aliphatic rings. The first-order chi connectivity index (χ1) is 11.7. The van der Waals surface area contributed by atoms with E-state index < -0.39 is 0 Å². The van der Waals surface area contributed by atoms with Gasteiger partial charge in [0.15, 0.2) is 0 Å². The smallest absolute Gasteiger partial charge is 0.227 e. The van der Waals surface area contributed by atoms with Gasteiger partial charge in [-0.25, -0.2) is 0 Å². The van der Waals surface area contributed by atoms with Crippen molar-refractivity contribution < 1.29 is 9.53 Å². The second-order valence-corrected chi connectivity index (χ2v) is 6.26. The average Bonchev–Trinajstić information content (AvgIpc) is 2.62. The largest absolute Gasteiger partial charge is 0.489 e. The van der Waals surface area contributed by atoms with Crippen LogP contribution in [0.15, 0.2) is 48.5 Å². The molecule has 0 bridgehead atoms. The standard InChI is InChI=1S/C20H24N2O2/c1-15-5-2-3-6-17(15)14-24-19-8-4-7-18(13-19)22-20(23)16-9-11-21-12-10-16/h2-8,13,16,21H,9-12,14H2,1H3,(H,22,23). The number of amides is 1. The summed E-state index contributed by atoms with van der Waals surface area (Å²) in [6, 6.07) is 15.8. The highest BCUT2D eigenvalue weighted by molar-refractivity contribution is 5.92. The van der Waals surface area contributed by atoms with Gasteiger partial charge in [0.25, 0.3) is 0 Å². The van der Waals surface area contributed by atoms with E-state index in [2.05, 4.69) is 29.7 Å². The Balaban J connectivity index is 1.59. The van der Waals surface area contributed by atoms with Crippen molar-refractivity contribution in [3.63, 3.8) is 0 Å². The lowest BCUT2D eigenvalue weighted by molar-refractivity contribution is -0.120. The van der Waals surface area contributed by atoms with Gasteiger partial charge in [-0.15, -0.1) is 0 Å². The van der Waals surface area contributed by atoms with Gasteiger partial charge in [0.05, 0.1) is 0 Å². The summed E-state index contributed by atoms with van der Waals surface area (Å²) in [5.41, 5.74) is 3.18. The lowest BCUT2D eigenvalue weighted by Crippen LogP contribution is -2.34. The van der Waals surface area contributed by atoms with E-state index in [0.717, 1.165) is 37.4 Å². The Hall–Kier alpha value is -2.33. The molecular weight excluding hydrogens is 300 g/mol. The van der Waals surface area contributed by atoms with Gasteiger partial charge in [0.1, 0.15) is 12.4 Å². The Bertz CT molecular complexity index is 694. The summed E-state index contributed by atoms with van der Waals surface area (Å²) in [7, 11) is 0. The maximum atomic E-state index is 12.3. The van der Waals surface area contributed by atoms with Gasteiger partial charge in [-0.1, -0.05) is 30.3 Å². The van der Waals surface area contributed by atoms with Gasteiger partial charge < -0.3 is 15.4 Å². The number of hydrogen-bond acceptors (Lipinski definition) is 3. The van der Waals surface area contributed by atoms with Gasteiger partial charge in [0.2, 0.25) is 5.91 Å². The van der Waals surface area contributed by atoms with E-state index >= 15 is 0 Å². The maximum Gasteiger partial charge on any atom is 0.227 e. The minimum atomic E-state index is 0.0998. The highest BCUT2D eigenvalue weighted by Gasteiger charge is 2.20. The van der Waals surface area contributed by atoms with Crippen LogP contribution in [0.1, 0.15) is 24.0 Å². The third kappa shape index (κ3) is 4.36. The minimum Gasteiger partial charge on any atom is -0.489 e. The fraction of sp³-hybridized carbons (Fsp3) is 0.350. The van der Waals surface area contributed by atoms with Gasteiger partial charge in [0, 0.05) is 17.7 Å². The zero-order valence-electron chi connectivity index (χ0n) is 14.0. The Morgan fingerprint density at radius 2 is 1.96 bits per heavy atom. The molecule has 2 aromatic rings. The van der Waals surface area contributed by atoms with Crippen molar-refractivity contribution in [2.24, 2.45) is 5.92 Å². The van der Waals surface area contributed by atoms with E-state index in [1.54, 1.807) is 0 Å². The van der Waals surface area contributed by atoms with Crippen molar-refractivity contribution >= 4 is 11.6 Å². The number of hydrogen-bond donors (Lipinski definition) is 2. The molecule has 0 unspecified atom stereocenters. The molecule has 0 spiro atoms. The fourth-order valence-electron chi connectivity index (χ4n) is 2.93. The molecule has 4 nitrogen and oxygen atoms in total. The number of carbonyl (C=O) groups excluding carboxylic acids is 1. The predicted molar refractivity (Wildman–Crippen MR) is 96.2 cm³/mol. The van der Waals surface area contributed by atoms with Crippen molar-refractivity contribution in [3.05, 3.63) is 59.7 Å². The second-order valence-electron chi connectivity index (χ2n) is 6.26. The van der Waals surface area contributed by atoms with Crippen molar-refractivity contribution in [2.45, 2.75) is 26.4 Å². The molecule has 3 rings (SSSR count).